The van der Waals surface area contributed by atoms with Crippen molar-refractivity contribution in [1.82, 2.24) is 20.0 Å². The van der Waals surface area contributed by atoms with Gasteiger partial charge < -0.3 is 10.5 Å². The van der Waals surface area contributed by atoms with Crippen LogP contribution in [-0.2, 0) is 11.3 Å². The van der Waals surface area contributed by atoms with Crippen LogP contribution in [0, 0.1) is 13.8 Å². The Bertz CT molecular complexity index is 598. The van der Waals surface area contributed by atoms with Crippen LogP contribution in [-0.4, -0.2) is 33.7 Å². The van der Waals surface area contributed by atoms with E-state index in [1.165, 1.54) is 0 Å². The SMILES string of the molecule is COCCn1ncc(Cl)c1C(N)c1cc(C)nnc1C. The van der Waals surface area contributed by atoms with Gasteiger partial charge in [0.15, 0.2) is 0 Å². The highest BCUT2D eigenvalue weighted by atomic mass is 35.5. The normalized spacial score (nSPS) is 12.7. The summed E-state index contributed by atoms with van der Waals surface area (Å²) in [5.41, 5.74) is 9.62. The number of hydrogen-bond donors (Lipinski definition) is 1. The number of aromatic nitrogens is 4. The number of halogens is 1. The first-order valence-electron chi connectivity index (χ1n) is 6.31. The third-order valence-corrected chi connectivity index (χ3v) is 3.40. The van der Waals surface area contributed by atoms with Crippen LogP contribution in [0.3, 0.4) is 0 Å². The van der Waals surface area contributed by atoms with Gasteiger partial charge in [-0.1, -0.05) is 11.6 Å². The second kappa shape index (κ2) is 6.30. The molecule has 1 unspecified atom stereocenters. The van der Waals surface area contributed by atoms with E-state index in [1.807, 2.05) is 19.9 Å². The van der Waals surface area contributed by atoms with Crippen LogP contribution in [0.4, 0.5) is 0 Å². The van der Waals surface area contributed by atoms with E-state index < -0.39 is 6.04 Å². The Morgan fingerprint density at radius 3 is 2.85 bits per heavy atom. The molecule has 0 radical (unpaired) electrons. The van der Waals surface area contributed by atoms with Gasteiger partial charge in [0.25, 0.3) is 0 Å². The minimum Gasteiger partial charge on any atom is -0.383 e. The second-order valence-corrected chi connectivity index (χ2v) is 5.01. The monoisotopic (exact) mass is 295 g/mol. The quantitative estimate of drug-likeness (QED) is 0.907. The fraction of sp³-hybridized carbons (Fsp3) is 0.462. The standard InChI is InChI=1S/C13H18ClN5O/c1-8-6-10(9(2)18-17-8)12(15)13-11(14)7-16-19(13)4-5-20-3/h6-7,12H,4-5,15H2,1-3H3. The summed E-state index contributed by atoms with van der Waals surface area (Å²) in [7, 11) is 1.64. The molecule has 2 aromatic heterocycles. The zero-order valence-corrected chi connectivity index (χ0v) is 12.6. The minimum atomic E-state index is -0.393. The van der Waals surface area contributed by atoms with Crippen LogP contribution in [0.15, 0.2) is 12.3 Å². The topological polar surface area (TPSA) is 78.9 Å². The Labute approximate surface area is 122 Å². The first kappa shape index (κ1) is 14.9. The van der Waals surface area contributed by atoms with Gasteiger partial charge in [-0.05, 0) is 25.5 Å². The van der Waals surface area contributed by atoms with E-state index in [4.69, 9.17) is 22.1 Å². The average molecular weight is 296 g/mol. The van der Waals surface area contributed by atoms with Crippen LogP contribution >= 0.6 is 11.6 Å². The molecule has 20 heavy (non-hydrogen) atoms. The predicted octanol–water partition coefficient (Wildman–Crippen LogP) is 1.64. The largest absolute Gasteiger partial charge is 0.383 e. The van der Waals surface area contributed by atoms with Gasteiger partial charge in [-0.25, -0.2) is 0 Å². The number of aryl methyl sites for hydroxylation is 2. The second-order valence-electron chi connectivity index (χ2n) is 4.60. The maximum atomic E-state index is 6.35. The van der Waals surface area contributed by atoms with Gasteiger partial charge in [-0.2, -0.15) is 15.3 Å². The third kappa shape index (κ3) is 2.98. The summed E-state index contributed by atoms with van der Waals surface area (Å²) in [5, 5.41) is 12.9. The smallest absolute Gasteiger partial charge is 0.0837 e. The number of nitrogens with two attached hydrogens (primary N) is 1. The number of ether oxygens (including phenoxy) is 1. The van der Waals surface area contributed by atoms with Crippen molar-refractivity contribution in [2.75, 3.05) is 13.7 Å². The van der Waals surface area contributed by atoms with Gasteiger partial charge in [0.05, 0.1) is 47.5 Å². The van der Waals surface area contributed by atoms with Crippen molar-refractivity contribution in [3.63, 3.8) is 0 Å². The van der Waals surface area contributed by atoms with Gasteiger partial charge in [0, 0.05) is 7.11 Å². The molecule has 0 spiro atoms. The van der Waals surface area contributed by atoms with Crippen molar-refractivity contribution in [2.24, 2.45) is 5.73 Å². The molecule has 0 saturated carbocycles. The van der Waals surface area contributed by atoms with Gasteiger partial charge >= 0.3 is 0 Å². The lowest BCUT2D eigenvalue weighted by molar-refractivity contribution is 0.182. The highest BCUT2D eigenvalue weighted by Gasteiger charge is 2.21. The van der Waals surface area contributed by atoms with E-state index in [0.717, 1.165) is 22.6 Å². The van der Waals surface area contributed by atoms with E-state index in [2.05, 4.69) is 15.3 Å². The van der Waals surface area contributed by atoms with Gasteiger partial charge in [0.1, 0.15) is 0 Å². The molecule has 2 rings (SSSR count). The first-order chi connectivity index (χ1) is 9.54. The van der Waals surface area contributed by atoms with Crippen LogP contribution in [0.5, 0.6) is 0 Å². The van der Waals surface area contributed by atoms with Crippen LogP contribution in [0.25, 0.3) is 0 Å². The molecule has 0 aliphatic heterocycles. The molecular formula is C13H18ClN5O. The van der Waals surface area contributed by atoms with Gasteiger partial charge in [-0.15, -0.1) is 0 Å². The average Bonchev–Trinajstić information content (AvgIpc) is 2.79. The van der Waals surface area contributed by atoms with Crippen LogP contribution in [0.1, 0.15) is 28.7 Å². The summed E-state index contributed by atoms with van der Waals surface area (Å²) >= 11 is 6.22. The minimum absolute atomic E-state index is 0.393. The molecule has 2 aromatic rings. The lowest BCUT2D eigenvalue weighted by Gasteiger charge is -2.17. The number of rotatable bonds is 5. The molecule has 0 amide bonds. The fourth-order valence-corrected chi connectivity index (χ4v) is 2.33. The van der Waals surface area contributed by atoms with Crippen molar-refractivity contribution >= 4 is 11.6 Å². The molecule has 108 valence electrons. The highest BCUT2D eigenvalue weighted by molar-refractivity contribution is 6.31. The Kier molecular flexibility index (Phi) is 4.69. The lowest BCUT2D eigenvalue weighted by atomic mass is 10.0. The highest BCUT2D eigenvalue weighted by Crippen LogP contribution is 2.27. The maximum absolute atomic E-state index is 6.35. The first-order valence-corrected chi connectivity index (χ1v) is 6.69. The Hall–Kier alpha value is -1.50. The molecular weight excluding hydrogens is 278 g/mol. The molecule has 0 fully saturated rings. The molecule has 2 heterocycles. The molecule has 2 N–H and O–H groups in total. The molecule has 0 bridgehead atoms. The van der Waals surface area contributed by atoms with Crippen molar-refractivity contribution in [3.8, 4) is 0 Å². The van der Waals surface area contributed by atoms with Gasteiger partial charge in [0.2, 0.25) is 0 Å². The van der Waals surface area contributed by atoms with Crippen LogP contribution in [0.2, 0.25) is 5.02 Å². The van der Waals surface area contributed by atoms with Crippen LogP contribution < -0.4 is 5.73 Å². The Balaban J connectivity index is 2.39. The zero-order chi connectivity index (χ0) is 14.7. The molecule has 6 nitrogen and oxygen atoms in total. The summed E-state index contributed by atoms with van der Waals surface area (Å²) in [5.74, 6) is 0. The summed E-state index contributed by atoms with van der Waals surface area (Å²) in [4.78, 5) is 0. The molecule has 0 aliphatic carbocycles. The number of nitrogens with zero attached hydrogens (tertiary/aromatic N) is 4. The number of methoxy groups -OCH3 is 1. The van der Waals surface area contributed by atoms with E-state index in [0.29, 0.717) is 18.2 Å². The predicted molar refractivity (Wildman–Crippen MR) is 76.6 cm³/mol. The third-order valence-electron chi connectivity index (χ3n) is 3.11. The fourth-order valence-electron chi connectivity index (χ4n) is 2.07. The summed E-state index contributed by atoms with van der Waals surface area (Å²) < 4.78 is 6.84. The summed E-state index contributed by atoms with van der Waals surface area (Å²) in [6.07, 6.45) is 1.60. The molecule has 0 aliphatic rings. The Morgan fingerprint density at radius 2 is 2.15 bits per heavy atom. The zero-order valence-electron chi connectivity index (χ0n) is 11.8. The lowest BCUT2D eigenvalue weighted by Crippen LogP contribution is -2.21. The van der Waals surface area contributed by atoms with E-state index in [9.17, 15) is 0 Å². The maximum Gasteiger partial charge on any atom is 0.0837 e. The van der Waals surface area contributed by atoms with Crippen molar-refractivity contribution in [3.05, 3.63) is 39.9 Å². The molecule has 0 aromatic carbocycles. The van der Waals surface area contributed by atoms with E-state index in [1.54, 1.807) is 18.0 Å². The summed E-state index contributed by atoms with van der Waals surface area (Å²) in [6, 6.07) is 1.54. The molecule has 0 saturated heterocycles. The Morgan fingerprint density at radius 1 is 1.40 bits per heavy atom. The van der Waals surface area contributed by atoms with E-state index >= 15 is 0 Å². The molecule has 7 heteroatoms. The van der Waals surface area contributed by atoms with Crippen molar-refractivity contribution in [2.45, 2.75) is 26.4 Å². The van der Waals surface area contributed by atoms with Crippen molar-refractivity contribution < 1.29 is 4.74 Å². The summed E-state index contributed by atoms with van der Waals surface area (Å²) in [6.45, 7) is 4.91. The van der Waals surface area contributed by atoms with Gasteiger partial charge in [-0.3, -0.25) is 4.68 Å². The molecule has 1 atom stereocenters. The van der Waals surface area contributed by atoms with Crippen molar-refractivity contribution in [1.29, 1.82) is 0 Å². The van der Waals surface area contributed by atoms with E-state index in [-0.39, 0.29) is 0 Å². The number of hydrogen-bond acceptors (Lipinski definition) is 5.